The number of carbonyl (C=O) groups is 3. The van der Waals surface area contributed by atoms with Gasteiger partial charge in [-0.05, 0) is 30.9 Å². The van der Waals surface area contributed by atoms with Crippen molar-refractivity contribution in [2.24, 2.45) is 0 Å². The third-order valence-electron chi connectivity index (χ3n) is 4.60. The number of fused-ring (bicyclic) bond motifs is 1. The smallest absolute Gasteiger partial charge is 0.271 e. The van der Waals surface area contributed by atoms with Gasteiger partial charge < -0.3 is 14.6 Å². The van der Waals surface area contributed by atoms with E-state index in [9.17, 15) is 14.4 Å². The molecule has 1 aliphatic heterocycles. The predicted molar refractivity (Wildman–Crippen MR) is 104 cm³/mol. The summed E-state index contributed by atoms with van der Waals surface area (Å²) in [4.78, 5) is 41.3. The molecule has 0 unspecified atom stereocenters. The molecule has 1 aliphatic rings. The molecule has 27 heavy (non-hydrogen) atoms. The summed E-state index contributed by atoms with van der Waals surface area (Å²) >= 11 is 1.61. The van der Waals surface area contributed by atoms with Crippen molar-refractivity contribution in [3.8, 4) is 5.75 Å². The van der Waals surface area contributed by atoms with E-state index in [1.54, 1.807) is 29.8 Å². The van der Waals surface area contributed by atoms with Crippen LogP contribution in [0.2, 0.25) is 0 Å². The fourth-order valence-electron chi connectivity index (χ4n) is 3.25. The summed E-state index contributed by atoms with van der Waals surface area (Å²) in [5.41, 5.74) is 5.85. The zero-order valence-corrected chi connectivity index (χ0v) is 16.2. The van der Waals surface area contributed by atoms with Crippen molar-refractivity contribution in [1.82, 2.24) is 20.7 Å². The molecule has 0 saturated carbocycles. The number of hydrogen-bond donors (Lipinski definition) is 3. The fourth-order valence-corrected chi connectivity index (χ4v) is 3.93. The van der Waals surface area contributed by atoms with Gasteiger partial charge in [-0.15, -0.1) is 0 Å². The van der Waals surface area contributed by atoms with Gasteiger partial charge in [-0.3, -0.25) is 25.2 Å². The zero-order chi connectivity index (χ0) is 19.6. The second-order valence-electron chi connectivity index (χ2n) is 6.34. The van der Waals surface area contributed by atoms with Crippen LogP contribution in [0.25, 0.3) is 10.9 Å². The molecule has 2 aromatic rings. The Morgan fingerprint density at radius 3 is 2.74 bits per heavy atom. The summed E-state index contributed by atoms with van der Waals surface area (Å²) in [7, 11) is 1.58. The summed E-state index contributed by atoms with van der Waals surface area (Å²) in [6, 6.07) is 6.63. The highest BCUT2D eigenvalue weighted by Gasteiger charge is 2.40. The summed E-state index contributed by atoms with van der Waals surface area (Å²) in [5, 5.41) is 0.962. The highest BCUT2D eigenvalue weighted by atomic mass is 32.2. The lowest BCUT2D eigenvalue weighted by atomic mass is 10.2. The summed E-state index contributed by atoms with van der Waals surface area (Å²) < 4.78 is 5.34. The maximum absolute atomic E-state index is 13.1. The van der Waals surface area contributed by atoms with Crippen LogP contribution in [-0.4, -0.2) is 58.8 Å². The van der Waals surface area contributed by atoms with Crippen molar-refractivity contribution in [3.63, 3.8) is 0 Å². The minimum Gasteiger partial charge on any atom is -0.496 e. The van der Waals surface area contributed by atoms with E-state index < -0.39 is 11.9 Å². The summed E-state index contributed by atoms with van der Waals surface area (Å²) in [5.74, 6) is -0.355. The normalized spacial score (nSPS) is 19.1. The van der Waals surface area contributed by atoms with Crippen LogP contribution in [0.5, 0.6) is 5.75 Å². The number of amides is 3. The number of hydrazine groups is 1. The van der Waals surface area contributed by atoms with Gasteiger partial charge in [0.1, 0.15) is 17.5 Å². The lowest BCUT2D eigenvalue weighted by Gasteiger charge is -2.23. The molecule has 3 rings (SSSR count). The molecule has 8 nitrogen and oxygen atoms in total. The quantitative estimate of drug-likeness (QED) is 0.683. The molecule has 1 aromatic carbocycles. The molecular formula is C18H22N4O4S. The first-order chi connectivity index (χ1) is 12.9. The van der Waals surface area contributed by atoms with E-state index in [1.807, 2.05) is 24.5 Å². The van der Waals surface area contributed by atoms with Crippen LogP contribution in [-0.2, 0) is 9.59 Å². The highest BCUT2D eigenvalue weighted by Crippen LogP contribution is 2.30. The van der Waals surface area contributed by atoms with E-state index in [2.05, 4.69) is 15.8 Å². The molecule has 144 valence electrons. The monoisotopic (exact) mass is 390 g/mol. The molecule has 2 atom stereocenters. The van der Waals surface area contributed by atoms with Gasteiger partial charge in [0.15, 0.2) is 0 Å². The third kappa shape index (κ3) is 3.87. The second kappa shape index (κ2) is 7.91. The van der Waals surface area contributed by atoms with Crippen LogP contribution in [0.4, 0.5) is 0 Å². The van der Waals surface area contributed by atoms with Crippen LogP contribution in [0.1, 0.15) is 23.8 Å². The molecule has 1 saturated heterocycles. The molecule has 0 radical (unpaired) electrons. The molecule has 1 aromatic heterocycles. The maximum atomic E-state index is 13.1. The molecule has 1 fully saturated rings. The van der Waals surface area contributed by atoms with Gasteiger partial charge >= 0.3 is 0 Å². The lowest BCUT2D eigenvalue weighted by molar-refractivity contribution is -0.130. The SMILES string of the molecule is COc1cccc2[nH]c(C(=O)N3C[C@H](SC)C[C@H]3C(=O)NNC(C)=O)cc12. The van der Waals surface area contributed by atoms with Crippen LogP contribution in [0.3, 0.4) is 0 Å². The Hall–Kier alpha value is -2.68. The van der Waals surface area contributed by atoms with E-state index in [0.717, 1.165) is 10.9 Å². The van der Waals surface area contributed by atoms with Crippen molar-refractivity contribution < 1.29 is 19.1 Å². The lowest BCUT2D eigenvalue weighted by Crippen LogP contribution is -2.51. The molecular weight excluding hydrogens is 368 g/mol. The van der Waals surface area contributed by atoms with Crippen LogP contribution in [0.15, 0.2) is 24.3 Å². The molecule has 0 bridgehead atoms. The number of nitrogens with zero attached hydrogens (tertiary/aromatic N) is 1. The standard InChI is InChI=1S/C18H22N4O4S/c1-10(23)20-21-17(24)15-7-11(27-3)9-22(15)18(25)14-8-12-13(19-14)5-4-6-16(12)26-2/h4-6,8,11,15,19H,7,9H2,1-3H3,(H,20,23)(H,21,24)/t11-,15+/m1/s1. The number of rotatable bonds is 4. The number of ether oxygens (including phenoxy) is 1. The minimum atomic E-state index is -0.643. The minimum absolute atomic E-state index is 0.154. The summed E-state index contributed by atoms with van der Waals surface area (Å²) in [6.07, 6.45) is 2.48. The molecule has 0 spiro atoms. The average molecular weight is 390 g/mol. The van der Waals surface area contributed by atoms with Gasteiger partial charge in [0, 0.05) is 29.6 Å². The van der Waals surface area contributed by atoms with Crippen LogP contribution >= 0.6 is 11.8 Å². The van der Waals surface area contributed by atoms with E-state index in [0.29, 0.717) is 24.4 Å². The number of thioether (sulfide) groups is 1. The van der Waals surface area contributed by atoms with Crippen molar-refractivity contribution >= 4 is 40.4 Å². The molecule has 0 aliphatic carbocycles. The number of benzene rings is 1. The van der Waals surface area contributed by atoms with Crippen molar-refractivity contribution in [1.29, 1.82) is 0 Å². The van der Waals surface area contributed by atoms with Crippen molar-refractivity contribution in [2.45, 2.75) is 24.6 Å². The number of carbonyl (C=O) groups excluding carboxylic acids is 3. The number of hydrogen-bond acceptors (Lipinski definition) is 5. The van der Waals surface area contributed by atoms with Crippen LogP contribution in [0, 0.1) is 0 Å². The van der Waals surface area contributed by atoms with Crippen molar-refractivity contribution in [3.05, 3.63) is 30.0 Å². The first kappa shape index (κ1) is 19.1. The van der Waals surface area contributed by atoms with E-state index >= 15 is 0 Å². The Morgan fingerprint density at radius 2 is 2.07 bits per heavy atom. The number of H-pyrrole nitrogens is 1. The fraction of sp³-hybridized carbons (Fsp3) is 0.389. The average Bonchev–Trinajstić information content (AvgIpc) is 3.29. The summed E-state index contributed by atoms with van der Waals surface area (Å²) in [6.45, 7) is 1.77. The predicted octanol–water partition coefficient (Wildman–Crippen LogP) is 1.29. The van der Waals surface area contributed by atoms with Gasteiger partial charge in [0.05, 0.1) is 7.11 Å². The molecule has 3 amide bonds. The largest absolute Gasteiger partial charge is 0.496 e. The highest BCUT2D eigenvalue weighted by molar-refractivity contribution is 7.99. The van der Waals surface area contributed by atoms with Gasteiger partial charge in [0.2, 0.25) is 5.91 Å². The van der Waals surface area contributed by atoms with Gasteiger partial charge in [-0.1, -0.05) is 6.07 Å². The molecule has 2 heterocycles. The Bertz CT molecular complexity index is 881. The number of aromatic amines is 1. The number of methoxy groups -OCH3 is 1. The Kier molecular flexibility index (Phi) is 5.59. The van der Waals surface area contributed by atoms with E-state index in [-0.39, 0.29) is 17.1 Å². The second-order valence-corrected chi connectivity index (χ2v) is 7.48. The Labute approximate surface area is 161 Å². The first-order valence-corrected chi connectivity index (χ1v) is 9.79. The van der Waals surface area contributed by atoms with Crippen LogP contribution < -0.4 is 15.6 Å². The Morgan fingerprint density at radius 1 is 1.30 bits per heavy atom. The van der Waals surface area contributed by atoms with Gasteiger partial charge in [-0.2, -0.15) is 11.8 Å². The van der Waals surface area contributed by atoms with Gasteiger partial charge in [-0.25, -0.2) is 0 Å². The van der Waals surface area contributed by atoms with Gasteiger partial charge in [0.25, 0.3) is 11.8 Å². The number of likely N-dealkylation sites (tertiary alicyclic amines) is 1. The van der Waals surface area contributed by atoms with E-state index in [4.69, 9.17) is 4.74 Å². The van der Waals surface area contributed by atoms with E-state index in [1.165, 1.54) is 6.92 Å². The zero-order valence-electron chi connectivity index (χ0n) is 15.4. The maximum Gasteiger partial charge on any atom is 0.271 e. The molecule has 3 N–H and O–H groups in total. The number of aromatic nitrogens is 1. The number of nitrogens with one attached hydrogen (secondary N) is 3. The van der Waals surface area contributed by atoms with Crippen molar-refractivity contribution in [2.75, 3.05) is 19.9 Å². The topological polar surface area (TPSA) is 104 Å². The Balaban J connectivity index is 1.86. The first-order valence-electron chi connectivity index (χ1n) is 8.50. The third-order valence-corrected chi connectivity index (χ3v) is 5.60. The molecule has 9 heteroatoms.